The van der Waals surface area contributed by atoms with E-state index >= 15 is 0 Å². The third-order valence-electron chi connectivity index (χ3n) is 4.71. The first-order chi connectivity index (χ1) is 11.2. The fourth-order valence-electron chi connectivity index (χ4n) is 3.59. The van der Waals surface area contributed by atoms with Gasteiger partial charge in [0.25, 0.3) is 0 Å². The largest absolute Gasteiger partial charge is 0.480 e. The number of carboxylic acid groups (broad SMARTS) is 1. The molecule has 4 N–H and O–H groups in total. The Morgan fingerprint density at radius 1 is 1.52 bits per heavy atom. The van der Waals surface area contributed by atoms with Gasteiger partial charge in [-0.3, -0.25) is 15.1 Å². The summed E-state index contributed by atoms with van der Waals surface area (Å²) in [7, 11) is 0. The highest BCUT2D eigenvalue weighted by atomic mass is 16.4. The second-order valence-corrected chi connectivity index (χ2v) is 6.07. The lowest BCUT2D eigenvalue weighted by Gasteiger charge is -2.36. The molecule has 2 aromatic heterocycles. The first-order valence-corrected chi connectivity index (χ1v) is 7.73. The number of aromatic nitrogens is 2. The molecule has 122 valence electrons. The minimum atomic E-state index is -0.822. The molecule has 4 rings (SSSR count). The molecule has 1 fully saturated rings. The van der Waals surface area contributed by atoms with Crippen molar-refractivity contribution >= 4 is 5.97 Å². The average Bonchev–Trinajstić information content (AvgIpc) is 3.28. The number of rotatable bonds is 4. The molecule has 0 aliphatic carbocycles. The summed E-state index contributed by atoms with van der Waals surface area (Å²) < 4.78 is 5.25. The van der Waals surface area contributed by atoms with Gasteiger partial charge in [0.2, 0.25) is 0 Å². The van der Waals surface area contributed by atoms with Gasteiger partial charge >= 0.3 is 5.97 Å². The van der Waals surface area contributed by atoms with Gasteiger partial charge in [-0.05, 0) is 6.07 Å². The van der Waals surface area contributed by atoms with E-state index < -0.39 is 12.0 Å². The number of hydrogen-bond donors (Lipinski definition) is 4. The first-order valence-electron chi connectivity index (χ1n) is 7.73. The number of hydrazine groups is 1. The van der Waals surface area contributed by atoms with Crippen molar-refractivity contribution in [2.75, 3.05) is 19.6 Å². The highest BCUT2D eigenvalue weighted by Crippen LogP contribution is 2.34. The van der Waals surface area contributed by atoms with Crippen molar-refractivity contribution < 1.29 is 14.3 Å². The molecule has 3 atom stereocenters. The highest BCUT2D eigenvalue weighted by molar-refractivity contribution is 5.74. The topological polar surface area (TPSA) is 106 Å². The smallest absolute Gasteiger partial charge is 0.322 e. The van der Waals surface area contributed by atoms with E-state index in [1.165, 1.54) is 0 Å². The third-order valence-corrected chi connectivity index (χ3v) is 4.71. The first kappa shape index (κ1) is 14.4. The van der Waals surface area contributed by atoms with Crippen LogP contribution in [0.5, 0.6) is 0 Å². The quantitative estimate of drug-likeness (QED) is 0.635. The molecule has 0 radical (unpaired) electrons. The molecule has 0 aromatic carbocycles. The molecule has 8 nitrogen and oxygen atoms in total. The van der Waals surface area contributed by atoms with E-state index in [-0.39, 0.29) is 12.0 Å². The predicted molar refractivity (Wildman–Crippen MR) is 80.5 cm³/mol. The summed E-state index contributed by atoms with van der Waals surface area (Å²) in [6.45, 7) is 2.17. The molecule has 0 amide bonds. The molecule has 0 bridgehead atoms. The molecule has 23 heavy (non-hydrogen) atoms. The summed E-state index contributed by atoms with van der Waals surface area (Å²) in [6.07, 6.45) is 6.00. The zero-order valence-electron chi connectivity index (χ0n) is 12.5. The van der Waals surface area contributed by atoms with Gasteiger partial charge in [0.15, 0.2) is 0 Å². The van der Waals surface area contributed by atoms with E-state index in [0.29, 0.717) is 13.1 Å². The van der Waals surface area contributed by atoms with E-state index in [2.05, 4.69) is 25.7 Å². The Bertz CT molecular complexity index is 683. The van der Waals surface area contributed by atoms with Crippen LogP contribution in [0.4, 0.5) is 0 Å². The predicted octanol–water partition coefficient (Wildman–Crippen LogP) is 0.127. The van der Waals surface area contributed by atoms with Crippen molar-refractivity contribution in [1.29, 1.82) is 0 Å². The summed E-state index contributed by atoms with van der Waals surface area (Å²) in [4.78, 5) is 21.4. The Kier molecular flexibility index (Phi) is 3.64. The Hall–Kier alpha value is -2.16. The molecule has 3 unspecified atom stereocenters. The molecule has 0 saturated carbocycles. The molecule has 0 spiro atoms. The SMILES string of the molecule is O=C(O)C1NNCC1CN1CCc2[nH]cnc2C1c1ccoc1. The fourth-order valence-corrected chi connectivity index (χ4v) is 3.59. The number of H-pyrrole nitrogens is 1. The van der Waals surface area contributed by atoms with E-state index in [1.54, 1.807) is 18.9 Å². The van der Waals surface area contributed by atoms with E-state index in [4.69, 9.17) is 4.42 Å². The molecule has 2 aliphatic heterocycles. The number of carboxylic acids is 1. The van der Waals surface area contributed by atoms with Crippen LogP contribution in [0.25, 0.3) is 0 Å². The van der Waals surface area contributed by atoms with Crippen molar-refractivity contribution in [3.8, 4) is 0 Å². The monoisotopic (exact) mass is 317 g/mol. The van der Waals surface area contributed by atoms with Crippen molar-refractivity contribution in [3.05, 3.63) is 41.9 Å². The minimum Gasteiger partial charge on any atom is -0.480 e. The lowest BCUT2D eigenvalue weighted by Crippen LogP contribution is -2.45. The molecule has 8 heteroatoms. The van der Waals surface area contributed by atoms with Crippen LogP contribution in [0.1, 0.15) is 23.0 Å². The number of aromatic amines is 1. The third kappa shape index (κ3) is 2.54. The second kappa shape index (κ2) is 5.80. The highest BCUT2D eigenvalue weighted by Gasteiger charge is 2.38. The van der Waals surface area contributed by atoms with Gasteiger partial charge in [-0.1, -0.05) is 0 Å². The minimum absolute atomic E-state index is 0.00112. The Morgan fingerprint density at radius 2 is 2.43 bits per heavy atom. The molecule has 2 aliphatic rings. The van der Waals surface area contributed by atoms with Crippen LogP contribution in [0.15, 0.2) is 29.3 Å². The van der Waals surface area contributed by atoms with Gasteiger partial charge in [-0.2, -0.15) is 0 Å². The maximum absolute atomic E-state index is 11.4. The van der Waals surface area contributed by atoms with Crippen LogP contribution in [-0.2, 0) is 11.2 Å². The molecular weight excluding hydrogens is 298 g/mol. The van der Waals surface area contributed by atoms with Crippen LogP contribution in [-0.4, -0.2) is 51.6 Å². The lowest BCUT2D eigenvalue weighted by molar-refractivity contribution is -0.140. The maximum Gasteiger partial charge on any atom is 0.322 e. The van der Waals surface area contributed by atoms with Crippen LogP contribution >= 0.6 is 0 Å². The lowest BCUT2D eigenvalue weighted by atomic mass is 9.94. The summed E-state index contributed by atoms with van der Waals surface area (Å²) in [5.41, 5.74) is 8.99. The number of aliphatic carboxylic acids is 1. The number of nitrogens with zero attached hydrogens (tertiary/aromatic N) is 2. The molecule has 1 saturated heterocycles. The van der Waals surface area contributed by atoms with Crippen molar-refractivity contribution in [2.24, 2.45) is 5.92 Å². The van der Waals surface area contributed by atoms with Crippen LogP contribution in [0, 0.1) is 5.92 Å². The van der Waals surface area contributed by atoms with Crippen LogP contribution in [0.2, 0.25) is 0 Å². The summed E-state index contributed by atoms with van der Waals surface area (Å²) in [6, 6.07) is 1.38. The molecule has 2 aromatic rings. The van der Waals surface area contributed by atoms with Crippen LogP contribution in [0.3, 0.4) is 0 Å². The van der Waals surface area contributed by atoms with E-state index in [0.717, 1.165) is 29.9 Å². The van der Waals surface area contributed by atoms with Crippen molar-refractivity contribution in [3.63, 3.8) is 0 Å². The second-order valence-electron chi connectivity index (χ2n) is 6.07. The number of fused-ring (bicyclic) bond motifs is 1. The average molecular weight is 317 g/mol. The van der Waals surface area contributed by atoms with Gasteiger partial charge < -0.3 is 14.5 Å². The molecule has 4 heterocycles. The Morgan fingerprint density at radius 3 is 3.22 bits per heavy atom. The van der Waals surface area contributed by atoms with E-state index in [9.17, 15) is 9.90 Å². The zero-order chi connectivity index (χ0) is 15.8. The number of nitrogens with one attached hydrogen (secondary N) is 3. The summed E-state index contributed by atoms with van der Waals surface area (Å²) in [5, 5.41) is 9.33. The van der Waals surface area contributed by atoms with Gasteiger partial charge in [-0.15, -0.1) is 0 Å². The van der Waals surface area contributed by atoms with Crippen molar-refractivity contribution in [2.45, 2.75) is 18.5 Å². The fraction of sp³-hybridized carbons (Fsp3) is 0.467. The Balaban J connectivity index is 1.61. The summed E-state index contributed by atoms with van der Waals surface area (Å²) >= 11 is 0. The standard InChI is InChI=1S/C15H19N5O3/c21-15(22)12-10(5-18-19-12)6-20-3-1-11-13(17-8-16-11)14(20)9-2-4-23-7-9/h2,4,7-8,10,12,14,18-19H,1,3,5-6H2,(H,16,17)(H,21,22). The number of carbonyl (C=O) groups is 1. The molecular formula is C15H19N5O3. The van der Waals surface area contributed by atoms with Crippen molar-refractivity contribution in [1.82, 2.24) is 25.7 Å². The van der Waals surface area contributed by atoms with Gasteiger partial charge in [0.05, 0.1) is 30.6 Å². The number of imidazole rings is 1. The van der Waals surface area contributed by atoms with E-state index in [1.807, 2.05) is 6.07 Å². The van der Waals surface area contributed by atoms with Gasteiger partial charge in [0, 0.05) is 43.2 Å². The number of furan rings is 1. The normalized spacial score (nSPS) is 27.9. The maximum atomic E-state index is 11.4. The van der Waals surface area contributed by atoms with Gasteiger partial charge in [0.1, 0.15) is 6.04 Å². The zero-order valence-corrected chi connectivity index (χ0v) is 12.5. The Labute approximate surface area is 132 Å². The van der Waals surface area contributed by atoms with Gasteiger partial charge in [-0.25, -0.2) is 10.4 Å². The number of hydrogen-bond acceptors (Lipinski definition) is 6. The van der Waals surface area contributed by atoms with Crippen LogP contribution < -0.4 is 10.9 Å². The summed E-state index contributed by atoms with van der Waals surface area (Å²) in [5.74, 6) is -0.820.